The van der Waals surface area contributed by atoms with E-state index in [1.807, 2.05) is 17.0 Å². The van der Waals surface area contributed by atoms with E-state index in [9.17, 15) is 9.59 Å². The molecule has 8 nitrogen and oxygen atoms in total. The number of halogens is 1. The van der Waals surface area contributed by atoms with Crippen molar-refractivity contribution in [1.29, 1.82) is 0 Å². The average Bonchev–Trinajstić information content (AvgIpc) is 3.11. The molecule has 29 heavy (non-hydrogen) atoms. The van der Waals surface area contributed by atoms with Crippen LogP contribution in [0.25, 0.3) is 0 Å². The summed E-state index contributed by atoms with van der Waals surface area (Å²) in [5, 5.41) is 0.358. The monoisotopic (exact) mass is 455 g/mol. The number of nitrogen functional groups attached to an aromatic ring is 1. The van der Waals surface area contributed by atoms with Gasteiger partial charge >= 0.3 is 5.97 Å². The van der Waals surface area contributed by atoms with Gasteiger partial charge in [-0.3, -0.25) is 9.69 Å². The molecule has 0 saturated carbocycles. The predicted molar refractivity (Wildman–Crippen MR) is 114 cm³/mol. The van der Waals surface area contributed by atoms with Gasteiger partial charge in [0.25, 0.3) is 0 Å². The summed E-state index contributed by atoms with van der Waals surface area (Å²) in [5.74, 6) is -0.250. The van der Waals surface area contributed by atoms with E-state index < -0.39 is 5.97 Å². The Morgan fingerprint density at radius 2 is 2.07 bits per heavy atom. The molecule has 1 amide bonds. The number of hydrogen-bond acceptors (Lipinski definition) is 9. The molecule has 1 aliphatic rings. The molecule has 2 aromatic heterocycles. The number of thioether (sulfide) groups is 1. The van der Waals surface area contributed by atoms with Crippen molar-refractivity contribution < 1.29 is 14.3 Å². The van der Waals surface area contributed by atoms with Crippen LogP contribution >= 0.6 is 34.7 Å². The van der Waals surface area contributed by atoms with Crippen molar-refractivity contribution in [1.82, 2.24) is 19.8 Å². The lowest BCUT2D eigenvalue weighted by Crippen LogP contribution is -2.48. The highest BCUT2D eigenvalue weighted by Crippen LogP contribution is 2.23. The SMILES string of the molecule is CCOC(=O)c1cnc(SCC(=O)N2CCN(Cc3ccc(Cl)s3)CC2)nc1N. The smallest absolute Gasteiger partial charge is 0.343 e. The molecule has 11 heteroatoms. The third kappa shape index (κ3) is 6.05. The Morgan fingerprint density at radius 3 is 2.69 bits per heavy atom. The first-order valence-corrected chi connectivity index (χ1v) is 11.3. The second-order valence-electron chi connectivity index (χ2n) is 6.32. The van der Waals surface area contributed by atoms with Crippen molar-refractivity contribution in [2.24, 2.45) is 0 Å². The minimum Gasteiger partial charge on any atom is -0.462 e. The van der Waals surface area contributed by atoms with Crippen LogP contribution in [-0.4, -0.2) is 70.2 Å². The van der Waals surface area contributed by atoms with E-state index in [2.05, 4.69) is 14.9 Å². The first kappa shape index (κ1) is 21.8. The zero-order valence-electron chi connectivity index (χ0n) is 16.0. The lowest BCUT2D eigenvalue weighted by Gasteiger charge is -2.34. The largest absolute Gasteiger partial charge is 0.462 e. The van der Waals surface area contributed by atoms with E-state index in [4.69, 9.17) is 22.1 Å². The first-order chi connectivity index (χ1) is 14.0. The molecule has 2 aromatic rings. The second-order valence-corrected chi connectivity index (χ2v) is 9.07. The lowest BCUT2D eigenvalue weighted by molar-refractivity contribution is -0.130. The summed E-state index contributed by atoms with van der Waals surface area (Å²) >= 11 is 8.77. The molecule has 3 heterocycles. The van der Waals surface area contributed by atoms with Gasteiger partial charge in [-0.15, -0.1) is 11.3 Å². The lowest BCUT2D eigenvalue weighted by atomic mass is 10.3. The molecule has 0 atom stereocenters. The number of carbonyl (C=O) groups is 2. The molecule has 0 aliphatic carbocycles. The van der Waals surface area contributed by atoms with E-state index >= 15 is 0 Å². The predicted octanol–water partition coefficient (Wildman–Crippen LogP) is 2.39. The van der Waals surface area contributed by atoms with Crippen LogP contribution in [0.2, 0.25) is 4.34 Å². The van der Waals surface area contributed by atoms with E-state index in [1.54, 1.807) is 18.3 Å². The van der Waals surface area contributed by atoms with Gasteiger partial charge in [0.05, 0.1) is 16.7 Å². The van der Waals surface area contributed by atoms with Crippen LogP contribution in [-0.2, 0) is 16.1 Å². The van der Waals surface area contributed by atoms with Crippen LogP contribution < -0.4 is 5.73 Å². The number of amides is 1. The van der Waals surface area contributed by atoms with Gasteiger partial charge in [-0.05, 0) is 19.1 Å². The summed E-state index contributed by atoms with van der Waals surface area (Å²) in [7, 11) is 0. The minimum atomic E-state index is -0.555. The summed E-state index contributed by atoms with van der Waals surface area (Å²) in [6.07, 6.45) is 1.34. The fourth-order valence-corrected chi connectivity index (χ4v) is 4.70. The summed E-state index contributed by atoms with van der Waals surface area (Å²) in [4.78, 5) is 37.8. The van der Waals surface area contributed by atoms with Crippen LogP contribution in [0.4, 0.5) is 5.82 Å². The summed E-state index contributed by atoms with van der Waals surface area (Å²) in [6.45, 7) is 5.83. The van der Waals surface area contributed by atoms with Crippen molar-refractivity contribution in [2.45, 2.75) is 18.6 Å². The van der Waals surface area contributed by atoms with Crippen molar-refractivity contribution in [3.63, 3.8) is 0 Å². The topological polar surface area (TPSA) is 102 Å². The Morgan fingerprint density at radius 1 is 1.31 bits per heavy atom. The molecule has 156 valence electrons. The number of nitrogens with zero attached hydrogens (tertiary/aromatic N) is 4. The normalized spacial score (nSPS) is 14.8. The summed E-state index contributed by atoms with van der Waals surface area (Å²) in [6, 6.07) is 3.95. The van der Waals surface area contributed by atoms with Crippen molar-refractivity contribution >= 4 is 52.4 Å². The number of nitrogens with two attached hydrogens (primary N) is 1. The fraction of sp³-hybridized carbons (Fsp3) is 0.444. The number of hydrogen-bond donors (Lipinski definition) is 1. The molecule has 1 fully saturated rings. The van der Waals surface area contributed by atoms with Gasteiger partial charge < -0.3 is 15.4 Å². The van der Waals surface area contributed by atoms with E-state index in [1.165, 1.54) is 22.8 Å². The molecular weight excluding hydrogens is 434 g/mol. The van der Waals surface area contributed by atoms with Crippen molar-refractivity contribution in [3.05, 3.63) is 33.1 Å². The Hall–Kier alpha value is -1.88. The maximum absolute atomic E-state index is 12.5. The molecular formula is C18H22ClN5O3S2. The number of anilines is 1. The van der Waals surface area contributed by atoms with Gasteiger partial charge in [-0.1, -0.05) is 23.4 Å². The first-order valence-electron chi connectivity index (χ1n) is 9.13. The molecule has 0 unspecified atom stereocenters. The third-order valence-electron chi connectivity index (χ3n) is 4.35. The van der Waals surface area contributed by atoms with Crippen molar-refractivity contribution in [2.75, 3.05) is 44.3 Å². The van der Waals surface area contributed by atoms with Gasteiger partial charge in [0.15, 0.2) is 5.16 Å². The van der Waals surface area contributed by atoms with E-state index in [0.29, 0.717) is 18.2 Å². The molecule has 1 aliphatic heterocycles. The zero-order chi connectivity index (χ0) is 20.8. The Balaban J connectivity index is 1.45. The highest BCUT2D eigenvalue weighted by Gasteiger charge is 2.22. The fourth-order valence-electron chi connectivity index (χ4n) is 2.84. The van der Waals surface area contributed by atoms with Crippen LogP contribution in [0.5, 0.6) is 0 Å². The van der Waals surface area contributed by atoms with Gasteiger partial charge in [0.1, 0.15) is 11.4 Å². The van der Waals surface area contributed by atoms with Crippen LogP contribution in [0.15, 0.2) is 23.5 Å². The maximum Gasteiger partial charge on any atom is 0.343 e. The second kappa shape index (κ2) is 10.2. The summed E-state index contributed by atoms with van der Waals surface area (Å²) in [5.41, 5.74) is 5.94. The molecule has 2 N–H and O–H groups in total. The van der Waals surface area contributed by atoms with Gasteiger partial charge in [0, 0.05) is 43.8 Å². The Labute approximate surface area is 182 Å². The van der Waals surface area contributed by atoms with Crippen LogP contribution in [0, 0.1) is 0 Å². The van der Waals surface area contributed by atoms with E-state index in [-0.39, 0.29) is 29.6 Å². The van der Waals surface area contributed by atoms with Crippen molar-refractivity contribution in [3.8, 4) is 0 Å². The molecule has 0 aromatic carbocycles. The average molecular weight is 456 g/mol. The molecule has 0 spiro atoms. The molecule has 1 saturated heterocycles. The number of carbonyl (C=O) groups excluding carboxylic acids is 2. The van der Waals surface area contributed by atoms with Gasteiger partial charge in [0.2, 0.25) is 5.91 Å². The standard InChI is InChI=1S/C18H22ClN5O3S2/c1-2-27-17(26)13-9-21-18(22-16(13)20)28-11-15(25)24-7-5-23(6-8-24)10-12-3-4-14(19)29-12/h3-4,9H,2,5-8,10-11H2,1H3,(H2,20,21,22). The quantitative estimate of drug-likeness (QED) is 0.385. The highest BCUT2D eigenvalue weighted by atomic mass is 35.5. The highest BCUT2D eigenvalue weighted by molar-refractivity contribution is 7.99. The number of thiophene rings is 1. The number of rotatable bonds is 7. The molecule has 0 radical (unpaired) electrons. The third-order valence-corrected chi connectivity index (χ3v) is 6.41. The molecule has 3 rings (SSSR count). The minimum absolute atomic E-state index is 0.0328. The van der Waals surface area contributed by atoms with Gasteiger partial charge in [-0.25, -0.2) is 14.8 Å². The molecule has 0 bridgehead atoms. The Bertz CT molecular complexity index is 871. The van der Waals surface area contributed by atoms with E-state index in [0.717, 1.165) is 24.0 Å². The van der Waals surface area contributed by atoms with Crippen LogP contribution in [0.1, 0.15) is 22.2 Å². The number of ether oxygens (including phenoxy) is 1. The zero-order valence-corrected chi connectivity index (χ0v) is 18.4. The maximum atomic E-state index is 12.5. The summed E-state index contributed by atoms with van der Waals surface area (Å²) < 4.78 is 5.69. The Kier molecular flexibility index (Phi) is 7.70. The van der Waals surface area contributed by atoms with Gasteiger partial charge in [-0.2, -0.15) is 0 Å². The number of aromatic nitrogens is 2. The van der Waals surface area contributed by atoms with Crippen LogP contribution in [0.3, 0.4) is 0 Å². The number of piperazine rings is 1. The number of esters is 1.